The Morgan fingerprint density at radius 2 is 1.62 bits per heavy atom. The Labute approximate surface area is 173 Å². The van der Waals surface area contributed by atoms with Gasteiger partial charge in [0.05, 0.1) is 6.61 Å². The standard InChI is InChI=1S/C22H36N2O5/c1-14(2)18(24-20(28)29-21(5,6)7)12-23-22(15(3)4,19(26)27)17-10-8-16(13-25)9-11-17/h8-11,14-15,18,23,25H,12-13H2,1-7H3,(H,24,28)(H,26,27)/t18?,22-/m0/s1. The van der Waals surface area contributed by atoms with Gasteiger partial charge in [0.1, 0.15) is 11.1 Å². The van der Waals surface area contributed by atoms with Crippen molar-refractivity contribution >= 4 is 12.1 Å². The quantitative estimate of drug-likeness (QED) is 0.500. The Balaban J connectivity index is 3.11. The molecule has 1 unspecified atom stereocenters. The van der Waals surface area contributed by atoms with Crippen LogP contribution in [-0.2, 0) is 21.7 Å². The summed E-state index contributed by atoms with van der Waals surface area (Å²) in [7, 11) is 0. The first-order chi connectivity index (χ1) is 13.3. The molecule has 1 aromatic carbocycles. The molecule has 0 fully saturated rings. The lowest BCUT2D eigenvalue weighted by Crippen LogP contribution is -2.58. The normalized spacial score (nSPS) is 15.1. The Morgan fingerprint density at radius 3 is 2.00 bits per heavy atom. The van der Waals surface area contributed by atoms with Gasteiger partial charge in [-0.3, -0.25) is 5.32 Å². The number of aliphatic hydroxyl groups excluding tert-OH is 1. The van der Waals surface area contributed by atoms with E-state index in [1.807, 2.05) is 27.7 Å². The summed E-state index contributed by atoms with van der Waals surface area (Å²) in [6.07, 6.45) is -0.532. The molecule has 4 N–H and O–H groups in total. The van der Waals surface area contributed by atoms with Gasteiger partial charge in [0.25, 0.3) is 0 Å². The van der Waals surface area contributed by atoms with Crippen LogP contribution in [0.15, 0.2) is 24.3 Å². The molecule has 0 radical (unpaired) electrons. The fourth-order valence-corrected chi connectivity index (χ4v) is 3.14. The topological polar surface area (TPSA) is 108 Å². The zero-order chi connectivity index (χ0) is 22.4. The third-order valence-electron chi connectivity index (χ3n) is 4.90. The number of alkyl carbamates (subject to hydrolysis) is 1. The zero-order valence-corrected chi connectivity index (χ0v) is 18.6. The van der Waals surface area contributed by atoms with Crippen LogP contribution in [0.25, 0.3) is 0 Å². The van der Waals surface area contributed by atoms with E-state index in [1.165, 1.54) is 0 Å². The zero-order valence-electron chi connectivity index (χ0n) is 18.6. The summed E-state index contributed by atoms with van der Waals surface area (Å²) in [5.41, 5.74) is -0.645. The summed E-state index contributed by atoms with van der Waals surface area (Å²) in [6, 6.07) is 6.56. The van der Waals surface area contributed by atoms with E-state index in [9.17, 15) is 19.8 Å². The molecule has 0 aliphatic carbocycles. The van der Waals surface area contributed by atoms with Crippen LogP contribution < -0.4 is 10.6 Å². The highest BCUT2D eigenvalue weighted by Crippen LogP contribution is 2.31. The summed E-state index contributed by atoms with van der Waals surface area (Å²) in [6.45, 7) is 13.1. The molecule has 7 heteroatoms. The molecule has 1 aromatic rings. The highest BCUT2D eigenvalue weighted by Gasteiger charge is 2.43. The van der Waals surface area contributed by atoms with E-state index >= 15 is 0 Å². The molecule has 1 rings (SSSR count). The van der Waals surface area contributed by atoms with Crippen molar-refractivity contribution in [2.24, 2.45) is 11.8 Å². The molecule has 0 aromatic heterocycles. The number of hydrogen-bond acceptors (Lipinski definition) is 5. The van der Waals surface area contributed by atoms with E-state index in [0.29, 0.717) is 11.1 Å². The molecule has 164 valence electrons. The number of carbonyl (C=O) groups excluding carboxylic acids is 1. The predicted octanol–water partition coefficient (Wildman–Crippen LogP) is 3.25. The third-order valence-corrected chi connectivity index (χ3v) is 4.90. The number of aliphatic carboxylic acids is 1. The summed E-state index contributed by atoms with van der Waals surface area (Å²) in [5.74, 6) is -1.20. The molecule has 0 saturated heterocycles. The monoisotopic (exact) mass is 408 g/mol. The summed E-state index contributed by atoms with van der Waals surface area (Å²) < 4.78 is 5.34. The summed E-state index contributed by atoms with van der Waals surface area (Å²) in [5, 5.41) is 25.5. The molecule has 0 bridgehead atoms. The maximum Gasteiger partial charge on any atom is 0.407 e. The number of carboxylic acids is 1. The number of amides is 1. The Kier molecular flexibility index (Phi) is 8.65. The number of aliphatic hydroxyl groups is 1. The molecule has 0 saturated carbocycles. The van der Waals surface area contributed by atoms with Crippen molar-refractivity contribution in [1.29, 1.82) is 0 Å². The van der Waals surface area contributed by atoms with Gasteiger partial charge in [-0.05, 0) is 43.7 Å². The second kappa shape index (κ2) is 10.1. The first kappa shape index (κ1) is 24.9. The minimum atomic E-state index is -1.34. The molecule has 29 heavy (non-hydrogen) atoms. The Bertz CT molecular complexity index is 679. The summed E-state index contributed by atoms with van der Waals surface area (Å²) >= 11 is 0. The SMILES string of the molecule is CC(C)C(CN[C@](C(=O)O)(c1ccc(CO)cc1)C(C)C)NC(=O)OC(C)(C)C. The molecule has 0 heterocycles. The highest BCUT2D eigenvalue weighted by atomic mass is 16.6. The van der Waals surface area contributed by atoms with Crippen LogP contribution in [0.2, 0.25) is 0 Å². The number of benzene rings is 1. The Morgan fingerprint density at radius 1 is 1.07 bits per heavy atom. The maximum atomic E-state index is 12.4. The molecular formula is C22H36N2O5. The highest BCUT2D eigenvalue weighted by molar-refractivity contribution is 5.81. The van der Waals surface area contributed by atoms with E-state index in [4.69, 9.17) is 4.74 Å². The van der Waals surface area contributed by atoms with Crippen molar-refractivity contribution in [3.05, 3.63) is 35.4 Å². The van der Waals surface area contributed by atoms with Crippen LogP contribution in [0.3, 0.4) is 0 Å². The first-order valence-electron chi connectivity index (χ1n) is 10.0. The Hall–Kier alpha value is -2.12. The van der Waals surface area contributed by atoms with Crippen LogP contribution in [0.5, 0.6) is 0 Å². The van der Waals surface area contributed by atoms with Gasteiger partial charge in [0.15, 0.2) is 0 Å². The van der Waals surface area contributed by atoms with E-state index < -0.39 is 23.2 Å². The minimum Gasteiger partial charge on any atom is -0.480 e. The molecule has 2 atom stereocenters. The van der Waals surface area contributed by atoms with Gasteiger partial charge in [-0.25, -0.2) is 9.59 Å². The number of nitrogens with one attached hydrogen (secondary N) is 2. The lowest BCUT2D eigenvalue weighted by molar-refractivity contribution is -0.147. The van der Waals surface area contributed by atoms with Crippen LogP contribution in [0, 0.1) is 11.8 Å². The van der Waals surface area contributed by atoms with Crippen molar-refractivity contribution in [2.45, 2.75) is 72.3 Å². The minimum absolute atomic E-state index is 0.0606. The van der Waals surface area contributed by atoms with E-state index in [0.717, 1.165) is 0 Å². The van der Waals surface area contributed by atoms with Gasteiger partial charge >= 0.3 is 12.1 Å². The molecular weight excluding hydrogens is 372 g/mol. The predicted molar refractivity (Wildman–Crippen MR) is 113 cm³/mol. The van der Waals surface area contributed by atoms with Crippen molar-refractivity contribution < 1.29 is 24.5 Å². The van der Waals surface area contributed by atoms with Crippen LogP contribution in [-0.4, -0.2) is 40.5 Å². The third kappa shape index (κ3) is 6.72. The molecule has 1 amide bonds. The number of carbonyl (C=O) groups is 2. The number of carboxylic acid groups (broad SMARTS) is 1. The molecule has 0 aliphatic rings. The molecule has 7 nitrogen and oxygen atoms in total. The second-order valence-electron chi connectivity index (χ2n) is 9.00. The van der Waals surface area contributed by atoms with Crippen LogP contribution >= 0.6 is 0 Å². The average molecular weight is 409 g/mol. The lowest BCUT2D eigenvalue weighted by atomic mass is 9.79. The van der Waals surface area contributed by atoms with Crippen molar-refractivity contribution in [2.75, 3.05) is 6.54 Å². The molecule has 0 spiro atoms. The van der Waals surface area contributed by atoms with Gasteiger partial charge in [-0.2, -0.15) is 0 Å². The van der Waals surface area contributed by atoms with Crippen LogP contribution in [0.1, 0.15) is 59.6 Å². The number of ether oxygens (including phenoxy) is 1. The van der Waals surface area contributed by atoms with Crippen LogP contribution in [0.4, 0.5) is 4.79 Å². The lowest BCUT2D eigenvalue weighted by Gasteiger charge is -2.37. The van der Waals surface area contributed by atoms with E-state index in [2.05, 4.69) is 10.6 Å². The van der Waals surface area contributed by atoms with Gasteiger partial charge in [0, 0.05) is 12.6 Å². The van der Waals surface area contributed by atoms with Gasteiger partial charge < -0.3 is 20.3 Å². The average Bonchev–Trinajstić information content (AvgIpc) is 2.59. The first-order valence-corrected chi connectivity index (χ1v) is 10.0. The van der Waals surface area contributed by atoms with Crippen molar-refractivity contribution in [1.82, 2.24) is 10.6 Å². The number of hydrogen-bond donors (Lipinski definition) is 4. The second-order valence-corrected chi connectivity index (χ2v) is 9.00. The largest absolute Gasteiger partial charge is 0.480 e. The van der Waals surface area contributed by atoms with Gasteiger partial charge in [-0.15, -0.1) is 0 Å². The van der Waals surface area contributed by atoms with Gasteiger partial charge in [-0.1, -0.05) is 52.0 Å². The maximum absolute atomic E-state index is 12.4. The summed E-state index contributed by atoms with van der Waals surface area (Å²) in [4.78, 5) is 24.6. The van der Waals surface area contributed by atoms with Crippen molar-refractivity contribution in [3.8, 4) is 0 Å². The van der Waals surface area contributed by atoms with E-state index in [1.54, 1.807) is 45.0 Å². The fourth-order valence-electron chi connectivity index (χ4n) is 3.14. The van der Waals surface area contributed by atoms with Gasteiger partial charge in [0.2, 0.25) is 0 Å². The fraction of sp³-hybridized carbons (Fsp3) is 0.636. The number of rotatable bonds is 9. The smallest absolute Gasteiger partial charge is 0.407 e. The van der Waals surface area contributed by atoms with E-state index in [-0.39, 0.29) is 31.0 Å². The van der Waals surface area contributed by atoms with Crippen molar-refractivity contribution in [3.63, 3.8) is 0 Å². The molecule has 0 aliphatic heterocycles.